The quantitative estimate of drug-likeness (QED) is 0.205. The molecule has 1 aliphatic heterocycles. The number of nitrogens with one attached hydrogen (secondary N) is 2. The lowest BCUT2D eigenvalue weighted by Gasteiger charge is -2.15. The molecule has 6 aromatic rings. The molecular weight excluding hydrogens is 573 g/mol. The Hall–Kier alpha value is -4.94. The first-order chi connectivity index (χ1) is 22.0. The number of pyridine rings is 3. The number of H-pyrrole nitrogens is 2. The van der Waals surface area contributed by atoms with Crippen molar-refractivity contribution in [2.75, 3.05) is 53.5 Å². The maximum absolute atomic E-state index is 14.8. The van der Waals surface area contributed by atoms with E-state index in [1.165, 1.54) is 25.0 Å². The SMILES string of the molecule is CN(C)CCOc1cncc(-c2cnc3n[nH]c(-c4nc5nccc(-c6cc(F)cc(OCCN7CCCC7)c6)c5[nH]4)c3c2)c1. The largest absolute Gasteiger partial charge is 0.492 e. The molecule has 0 radical (unpaired) electrons. The number of likely N-dealkylation sites (tertiary alicyclic amines) is 1. The van der Waals surface area contributed by atoms with E-state index in [1.807, 2.05) is 38.4 Å². The first kappa shape index (κ1) is 28.8. The molecule has 0 saturated carbocycles. The van der Waals surface area contributed by atoms with E-state index in [-0.39, 0.29) is 5.82 Å². The van der Waals surface area contributed by atoms with Gasteiger partial charge in [-0.25, -0.2) is 19.3 Å². The summed E-state index contributed by atoms with van der Waals surface area (Å²) in [4.78, 5) is 26.0. The fourth-order valence-electron chi connectivity index (χ4n) is 5.61. The van der Waals surface area contributed by atoms with Crippen LogP contribution in [-0.2, 0) is 0 Å². The van der Waals surface area contributed by atoms with Crippen LogP contribution >= 0.6 is 0 Å². The van der Waals surface area contributed by atoms with Crippen LogP contribution in [0.4, 0.5) is 4.39 Å². The van der Waals surface area contributed by atoms with Gasteiger partial charge in [0.2, 0.25) is 0 Å². The lowest BCUT2D eigenvalue weighted by Crippen LogP contribution is -2.25. The molecule has 45 heavy (non-hydrogen) atoms. The van der Waals surface area contributed by atoms with E-state index < -0.39 is 0 Å². The molecule has 230 valence electrons. The van der Waals surface area contributed by atoms with Crippen LogP contribution < -0.4 is 9.47 Å². The Labute approximate surface area is 259 Å². The van der Waals surface area contributed by atoms with Crippen molar-refractivity contribution in [3.05, 3.63) is 67.0 Å². The lowest BCUT2D eigenvalue weighted by atomic mass is 10.1. The molecular formula is C33H34FN9O2. The van der Waals surface area contributed by atoms with Crippen LogP contribution in [-0.4, -0.2) is 98.4 Å². The standard InChI is InChI=1S/C33H34FN9O2/c1-42(2)9-11-45-26-15-22(18-35-20-26)23-16-28-30(40-41-31(28)37-19-23)33-38-29-27(5-6-36-32(29)39-33)21-13-24(34)17-25(14-21)44-12-10-43-7-3-4-8-43/h5-6,13-20H,3-4,7-12H2,1-2H3,(H,36,38,39)(H,37,40,41). The molecule has 7 rings (SSSR count). The average molecular weight is 608 g/mol. The van der Waals surface area contributed by atoms with Crippen LogP contribution in [0.3, 0.4) is 0 Å². The third kappa shape index (κ3) is 6.33. The third-order valence-electron chi connectivity index (χ3n) is 7.95. The second-order valence-electron chi connectivity index (χ2n) is 11.5. The van der Waals surface area contributed by atoms with Crippen LogP contribution in [0, 0.1) is 5.82 Å². The summed E-state index contributed by atoms with van der Waals surface area (Å²) in [5.41, 5.74) is 5.57. The minimum Gasteiger partial charge on any atom is -0.492 e. The minimum atomic E-state index is -0.367. The highest BCUT2D eigenvalue weighted by Crippen LogP contribution is 2.34. The van der Waals surface area contributed by atoms with Crippen molar-refractivity contribution >= 4 is 22.2 Å². The highest BCUT2D eigenvalue weighted by molar-refractivity contribution is 5.96. The number of nitrogens with zero attached hydrogens (tertiary/aromatic N) is 7. The zero-order valence-corrected chi connectivity index (χ0v) is 25.3. The summed E-state index contributed by atoms with van der Waals surface area (Å²) >= 11 is 0. The number of likely N-dealkylation sites (N-methyl/N-ethyl adjacent to an activating group) is 1. The molecule has 1 aliphatic rings. The van der Waals surface area contributed by atoms with Gasteiger partial charge in [0.25, 0.3) is 0 Å². The van der Waals surface area contributed by atoms with E-state index in [2.05, 4.69) is 39.9 Å². The lowest BCUT2D eigenvalue weighted by molar-refractivity contribution is 0.237. The summed E-state index contributed by atoms with van der Waals surface area (Å²) in [7, 11) is 4.01. The molecule has 0 unspecified atom stereocenters. The molecule has 2 N–H and O–H groups in total. The number of rotatable bonds is 11. The van der Waals surface area contributed by atoms with E-state index in [1.54, 1.807) is 24.8 Å². The molecule has 0 aliphatic carbocycles. The molecule has 0 spiro atoms. The summed E-state index contributed by atoms with van der Waals surface area (Å²) in [6, 6.07) is 10.6. The van der Waals surface area contributed by atoms with Gasteiger partial charge in [-0.15, -0.1) is 0 Å². The normalized spacial score (nSPS) is 13.8. The summed E-state index contributed by atoms with van der Waals surface area (Å²) in [6.45, 7) is 4.89. The van der Waals surface area contributed by atoms with Gasteiger partial charge in [-0.1, -0.05) is 0 Å². The number of benzene rings is 1. The average Bonchev–Trinajstić information content (AvgIpc) is 3.80. The number of halogens is 1. The number of aromatic nitrogens is 7. The number of fused-ring (bicyclic) bond motifs is 2. The summed E-state index contributed by atoms with van der Waals surface area (Å²) < 4.78 is 26.6. The van der Waals surface area contributed by atoms with E-state index in [0.717, 1.165) is 48.3 Å². The van der Waals surface area contributed by atoms with Crippen molar-refractivity contribution in [3.8, 4) is 45.3 Å². The van der Waals surface area contributed by atoms with Gasteiger partial charge in [0.1, 0.15) is 36.2 Å². The second-order valence-corrected chi connectivity index (χ2v) is 11.5. The van der Waals surface area contributed by atoms with Gasteiger partial charge in [-0.3, -0.25) is 15.0 Å². The molecule has 11 nitrogen and oxygen atoms in total. The molecule has 1 fully saturated rings. The Kier molecular flexibility index (Phi) is 8.05. The van der Waals surface area contributed by atoms with Crippen molar-refractivity contribution in [1.82, 2.24) is 44.9 Å². The number of hydrogen-bond acceptors (Lipinski definition) is 9. The molecule has 12 heteroatoms. The minimum absolute atomic E-state index is 0.367. The molecule has 6 heterocycles. The summed E-state index contributed by atoms with van der Waals surface area (Å²) in [5, 5.41) is 8.27. The number of aromatic amines is 2. The van der Waals surface area contributed by atoms with Gasteiger partial charge in [0, 0.05) is 54.4 Å². The fourth-order valence-corrected chi connectivity index (χ4v) is 5.61. The zero-order chi connectivity index (χ0) is 30.8. The van der Waals surface area contributed by atoms with Gasteiger partial charge < -0.3 is 19.4 Å². The van der Waals surface area contributed by atoms with E-state index in [0.29, 0.717) is 58.6 Å². The van der Waals surface area contributed by atoms with E-state index >= 15 is 0 Å². The number of hydrogen-bond donors (Lipinski definition) is 2. The topological polar surface area (TPSA) is 121 Å². The third-order valence-corrected chi connectivity index (χ3v) is 7.95. The van der Waals surface area contributed by atoms with Crippen LogP contribution in [0.1, 0.15) is 12.8 Å². The smallest absolute Gasteiger partial charge is 0.181 e. The Morgan fingerprint density at radius 2 is 1.71 bits per heavy atom. The number of imidazole rings is 1. The van der Waals surface area contributed by atoms with Crippen molar-refractivity contribution in [1.29, 1.82) is 0 Å². The first-order valence-corrected chi connectivity index (χ1v) is 15.1. The molecule has 0 bridgehead atoms. The van der Waals surface area contributed by atoms with Crippen molar-refractivity contribution in [2.45, 2.75) is 12.8 Å². The fraction of sp³-hybridized carbons (Fsp3) is 0.303. The number of ether oxygens (including phenoxy) is 2. The first-order valence-electron chi connectivity index (χ1n) is 15.1. The Balaban J connectivity index is 1.18. The van der Waals surface area contributed by atoms with Crippen LogP contribution in [0.5, 0.6) is 11.5 Å². The van der Waals surface area contributed by atoms with Crippen LogP contribution in [0.2, 0.25) is 0 Å². The van der Waals surface area contributed by atoms with Gasteiger partial charge in [0.05, 0.1) is 17.1 Å². The predicted octanol–water partition coefficient (Wildman–Crippen LogP) is 5.18. The Morgan fingerprint density at radius 1 is 0.889 bits per heavy atom. The van der Waals surface area contributed by atoms with E-state index in [4.69, 9.17) is 14.5 Å². The maximum Gasteiger partial charge on any atom is 0.181 e. The highest BCUT2D eigenvalue weighted by Gasteiger charge is 2.18. The molecule has 0 atom stereocenters. The molecule has 5 aromatic heterocycles. The van der Waals surface area contributed by atoms with Crippen molar-refractivity contribution in [2.24, 2.45) is 0 Å². The van der Waals surface area contributed by atoms with Gasteiger partial charge in [0.15, 0.2) is 17.1 Å². The van der Waals surface area contributed by atoms with Crippen molar-refractivity contribution < 1.29 is 13.9 Å². The Morgan fingerprint density at radius 3 is 2.58 bits per heavy atom. The zero-order valence-electron chi connectivity index (χ0n) is 25.3. The van der Waals surface area contributed by atoms with Crippen molar-refractivity contribution in [3.63, 3.8) is 0 Å². The summed E-state index contributed by atoms with van der Waals surface area (Å²) in [6.07, 6.45) is 9.36. The molecule has 0 amide bonds. The maximum atomic E-state index is 14.8. The summed E-state index contributed by atoms with van der Waals surface area (Å²) in [5.74, 6) is 1.36. The Bertz CT molecular complexity index is 1950. The molecule has 1 aromatic carbocycles. The highest BCUT2D eigenvalue weighted by atomic mass is 19.1. The van der Waals surface area contributed by atoms with Crippen LogP contribution in [0.15, 0.2) is 61.2 Å². The van der Waals surface area contributed by atoms with Crippen LogP contribution in [0.25, 0.3) is 56.0 Å². The monoisotopic (exact) mass is 607 g/mol. The predicted molar refractivity (Wildman–Crippen MR) is 171 cm³/mol. The van der Waals surface area contributed by atoms with Gasteiger partial charge >= 0.3 is 0 Å². The second kappa shape index (κ2) is 12.6. The molecule has 1 saturated heterocycles. The van der Waals surface area contributed by atoms with E-state index in [9.17, 15) is 4.39 Å². The van der Waals surface area contributed by atoms with Gasteiger partial charge in [-0.2, -0.15) is 5.10 Å². The van der Waals surface area contributed by atoms with Gasteiger partial charge in [-0.05, 0) is 75.9 Å².